The molecule has 0 saturated heterocycles. The van der Waals surface area contributed by atoms with Crippen molar-refractivity contribution in [2.24, 2.45) is 0 Å². The average molecular weight is 171 g/mol. The number of hydrogen-bond donors (Lipinski definition) is 0. The van der Waals surface area contributed by atoms with Gasteiger partial charge in [-0.05, 0) is 6.42 Å². The quantitative estimate of drug-likeness (QED) is 0.322. The first-order valence-electron chi connectivity index (χ1n) is 3.93. The molecule has 0 bridgehead atoms. The number of ether oxygens (including phenoxy) is 1. The monoisotopic (exact) mass is 170 g/mol. The molecule has 0 spiro atoms. The van der Waals surface area contributed by atoms with Crippen molar-refractivity contribution in [1.29, 1.82) is 0 Å². The van der Waals surface area contributed by atoms with Gasteiger partial charge in [0.05, 0.1) is 0 Å². The second kappa shape index (κ2) is 13.0. The molecule has 0 aromatic rings. The summed E-state index contributed by atoms with van der Waals surface area (Å²) in [6.45, 7) is 3.16. The maximum atomic E-state index is 9.77. The van der Waals surface area contributed by atoms with Crippen LogP contribution in [0.4, 0.5) is 0 Å². The molecule has 0 unspecified atom stereocenters. The summed E-state index contributed by atoms with van der Waals surface area (Å²) < 4.78 is 4.96. The van der Waals surface area contributed by atoms with Gasteiger partial charge in [-0.2, -0.15) is 0 Å². The Morgan fingerprint density at radius 3 is 2.55 bits per heavy atom. The van der Waals surface area contributed by atoms with Crippen LogP contribution in [0, 0.1) is 0 Å². The SMILES string of the molecule is CCCCCCOCC=O.[MgH2]. The molecular formula is C8H18MgO2. The van der Waals surface area contributed by atoms with Crippen molar-refractivity contribution in [2.75, 3.05) is 13.2 Å². The Morgan fingerprint density at radius 1 is 1.27 bits per heavy atom. The smallest absolute Gasteiger partial charge is 0.316 e. The molecule has 0 fully saturated rings. The predicted octanol–water partition coefficient (Wildman–Crippen LogP) is 0.866. The van der Waals surface area contributed by atoms with E-state index in [9.17, 15) is 4.79 Å². The minimum atomic E-state index is 0. The van der Waals surface area contributed by atoms with E-state index in [-0.39, 0.29) is 29.7 Å². The molecule has 11 heavy (non-hydrogen) atoms. The number of carbonyl (C=O) groups is 1. The Hall–Kier alpha value is 0.396. The molecule has 3 heteroatoms. The normalized spacial score (nSPS) is 8.82. The van der Waals surface area contributed by atoms with Gasteiger partial charge in [0, 0.05) is 6.61 Å². The fourth-order valence-corrected chi connectivity index (χ4v) is 0.762. The third-order valence-corrected chi connectivity index (χ3v) is 1.33. The van der Waals surface area contributed by atoms with E-state index in [4.69, 9.17) is 4.74 Å². The Balaban J connectivity index is 0. The summed E-state index contributed by atoms with van der Waals surface area (Å²) >= 11 is 0. The molecule has 0 atom stereocenters. The van der Waals surface area contributed by atoms with E-state index in [1.807, 2.05) is 0 Å². The van der Waals surface area contributed by atoms with E-state index in [1.165, 1.54) is 19.3 Å². The molecule has 0 aliphatic rings. The first-order chi connectivity index (χ1) is 4.91. The summed E-state index contributed by atoms with van der Waals surface area (Å²) in [5.74, 6) is 0. The van der Waals surface area contributed by atoms with Crippen molar-refractivity contribution in [2.45, 2.75) is 32.6 Å². The molecule has 0 heterocycles. The largest absolute Gasteiger partial charge is 0.374 e. The zero-order chi connectivity index (χ0) is 7.66. The van der Waals surface area contributed by atoms with Gasteiger partial charge in [-0.1, -0.05) is 26.2 Å². The van der Waals surface area contributed by atoms with Crippen LogP contribution < -0.4 is 0 Å². The van der Waals surface area contributed by atoms with Gasteiger partial charge < -0.3 is 9.53 Å². The van der Waals surface area contributed by atoms with E-state index in [0.717, 1.165) is 19.3 Å². The van der Waals surface area contributed by atoms with Gasteiger partial charge >= 0.3 is 23.1 Å². The van der Waals surface area contributed by atoms with E-state index >= 15 is 0 Å². The number of hydrogen-bond acceptors (Lipinski definition) is 2. The van der Waals surface area contributed by atoms with Gasteiger partial charge in [-0.3, -0.25) is 0 Å². The second-order valence-electron chi connectivity index (χ2n) is 2.30. The maximum absolute atomic E-state index is 9.77. The molecule has 0 radical (unpaired) electrons. The lowest BCUT2D eigenvalue weighted by Gasteiger charge is -1.97. The van der Waals surface area contributed by atoms with Crippen LogP contribution in [-0.2, 0) is 9.53 Å². The molecule has 2 nitrogen and oxygen atoms in total. The van der Waals surface area contributed by atoms with Gasteiger partial charge in [0.25, 0.3) is 0 Å². The topological polar surface area (TPSA) is 26.3 Å². The third-order valence-electron chi connectivity index (χ3n) is 1.33. The molecule has 0 amide bonds. The van der Waals surface area contributed by atoms with Crippen LogP contribution in [0.25, 0.3) is 0 Å². The number of rotatable bonds is 7. The lowest BCUT2D eigenvalue weighted by atomic mass is 10.2. The Kier molecular flexibility index (Phi) is 16.5. The Morgan fingerprint density at radius 2 is 2.00 bits per heavy atom. The van der Waals surface area contributed by atoms with Crippen molar-refractivity contribution >= 4 is 29.3 Å². The standard InChI is InChI=1S/C8H16O2.Mg.2H/c1-2-3-4-5-7-10-8-6-9;;;/h6H,2-5,7-8H2,1H3;;;. The van der Waals surface area contributed by atoms with Crippen LogP contribution in [-0.4, -0.2) is 42.6 Å². The van der Waals surface area contributed by atoms with Crippen LogP contribution in [0.5, 0.6) is 0 Å². The number of unbranched alkanes of at least 4 members (excludes halogenated alkanes) is 3. The van der Waals surface area contributed by atoms with Crippen molar-refractivity contribution in [3.8, 4) is 0 Å². The number of carbonyl (C=O) groups excluding carboxylic acids is 1. The van der Waals surface area contributed by atoms with Gasteiger partial charge in [0.1, 0.15) is 12.9 Å². The highest BCUT2D eigenvalue weighted by atomic mass is 24.3. The summed E-state index contributed by atoms with van der Waals surface area (Å²) in [6.07, 6.45) is 5.61. The van der Waals surface area contributed by atoms with Gasteiger partial charge in [0.2, 0.25) is 0 Å². The lowest BCUT2D eigenvalue weighted by Crippen LogP contribution is -1.96. The highest BCUT2D eigenvalue weighted by molar-refractivity contribution is 5.75. The molecule has 0 saturated carbocycles. The zero-order valence-electron chi connectivity index (χ0n) is 6.64. The van der Waals surface area contributed by atoms with Crippen molar-refractivity contribution < 1.29 is 9.53 Å². The molecule has 0 aromatic heterocycles. The van der Waals surface area contributed by atoms with E-state index in [1.54, 1.807) is 0 Å². The summed E-state index contributed by atoms with van der Waals surface area (Å²) in [5, 5.41) is 0. The van der Waals surface area contributed by atoms with E-state index in [0.29, 0.717) is 0 Å². The maximum Gasteiger partial charge on any atom is 0.316 e. The molecular weight excluding hydrogens is 152 g/mol. The Bertz CT molecular complexity index is 76.5. The van der Waals surface area contributed by atoms with Gasteiger partial charge in [-0.15, -0.1) is 0 Å². The van der Waals surface area contributed by atoms with Gasteiger partial charge in [-0.25, -0.2) is 0 Å². The van der Waals surface area contributed by atoms with E-state index in [2.05, 4.69) is 6.92 Å². The van der Waals surface area contributed by atoms with Gasteiger partial charge in [0.15, 0.2) is 0 Å². The first-order valence-corrected chi connectivity index (χ1v) is 3.93. The Labute approximate surface area is 84.8 Å². The van der Waals surface area contributed by atoms with Crippen molar-refractivity contribution in [3.05, 3.63) is 0 Å². The summed E-state index contributed by atoms with van der Waals surface area (Å²) in [6, 6.07) is 0. The fourth-order valence-electron chi connectivity index (χ4n) is 0.762. The number of aldehydes is 1. The highest BCUT2D eigenvalue weighted by Gasteiger charge is 1.86. The van der Waals surface area contributed by atoms with Crippen LogP contribution in [0.1, 0.15) is 32.6 Å². The minimum absolute atomic E-state index is 0. The summed E-state index contributed by atoms with van der Waals surface area (Å²) in [7, 11) is 0. The third kappa shape index (κ3) is 13.4. The van der Waals surface area contributed by atoms with Crippen LogP contribution in [0.2, 0.25) is 0 Å². The molecule has 0 rings (SSSR count). The van der Waals surface area contributed by atoms with Crippen molar-refractivity contribution in [3.63, 3.8) is 0 Å². The lowest BCUT2D eigenvalue weighted by molar-refractivity contribution is -0.111. The summed E-state index contributed by atoms with van der Waals surface area (Å²) in [5.41, 5.74) is 0. The fraction of sp³-hybridized carbons (Fsp3) is 0.875. The molecule has 0 N–H and O–H groups in total. The zero-order valence-corrected chi connectivity index (χ0v) is 6.64. The van der Waals surface area contributed by atoms with Crippen molar-refractivity contribution in [1.82, 2.24) is 0 Å². The predicted molar refractivity (Wildman–Crippen MR) is 49.6 cm³/mol. The second-order valence-corrected chi connectivity index (χ2v) is 2.30. The minimum Gasteiger partial charge on any atom is -0.374 e. The first kappa shape index (κ1) is 14.0. The average Bonchev–Trinajstić information content (AvgIpc) is 1.97. The van der Waals surface area contributed by atoms with Crippen LogP contribution >= 0.6 is 0 Å². The molecule has 64 valence electrons. The summed E-state index contributed by atoms with van der Waals surface area (Å²) in [4.78, 5) is 9.77. The molecule has 0 aliphatic carbocycles. The van der Waals surface area contributed by atoms with Crippen LogP contribution in [0.3, 0.4) is 0 Å². The molecule has 0 aromatic carbocycles. The molecule has 0 aliphatic heterocycles. The highest BCUT2D eigenvalue weighted by Crippen LogP contribution is 1.97. The van der Waals surface area contributed by atoms with Crippen LogP contribution in [0.15, 0.2) is 0 Å². The van der Waals surface area contributed by atoms with E-state index < -0.39 is 0 Å².